The molecule has 2 bridgehead atoms. The molecule has 3 atom stereocenters. The summed E-state index contributed by atoms with van der Waals surface area (Å²) >= 11 is 0.885. The fourth-order valence-electron chi connectivity index (χ4n) is 3.74. The Bertz CT molecular complexity index is 807. The Morgan fingerprint density at radius 2 is 2.00 bits per heavy atom. The van der Waals surface area contributed by atoms with Gasteiger partial charge in [-0.2, -0.15) is 13.2 Å². The maximum atomic E-state index is 12.6. The topological polar surface area (TPSA) is 41.6 Å². The highest BCUT2D eigenvalue weighted by Crippen LogP contribution is 2.37. The van der Waals surface area contributed by atoms with Crippen LogP contribution in [0.5, 0.6) is 10.8 Å². The van der Waals surface area contributed by atoms with Crippen molar-refractivity contribution in [3.8, 4) is 10.8 Å². The molecule has 0 spiro atoms. The van der Waals surface area contributed by atoms with Crippen molar-refractivity contribution in [3.05, 3.63) is 46.8 Å². The summed E-state index contributed by atoms with van der Waals surface area (Å²) in [6.07, 6.45) is -2.16. The fraction of sp³-hybridized carbons (Fsp3) is 0.421. The van der Waals surface area contributed by atoms with E-state index in [-0.39, 0.29) is 17.0 Å². The van der Waals surface area contributed by atoms with Gasteiger partial charge in [-0.15, -0.1) is 11.3 Å². The van der Waals surface area contributed by atoms with Crippen LogP contribution in [0.15, 0.2) is 35.7 Å². The zero-order valence-corrected chi connectivity index (χ0v) is 15.3. The molecule has 1 aromatic heterocycles. The molecule has 3 heterocycles. The summed E-state index contributed by atoms with van der Waals surface area (Å²) in [6.45, 7) is 3.14. The number of amides is 1. The summed E-state index contributed by atoms with van der Waals surface area (Å²) in [5.74, 6) is 0.931. The molecule has 0 aliphatic carbocycles. The molecular weight excluding hydrogens is 377 g/mol. The van der Waals surface area contributed by atoms with Crippen LogP contribution in [0.1, 0.15) is 28.8 Å². The molecule has 2 aliphatic heterocycles. The molecule has 4 nitrogen and oxygen atoms in total. The van der Waals surface area contributed by atoms with Crippen LogP contribution in [0.3, 0.4) is 0 Å². The Hall–Kier alpha value is -2.06. The van der Waals surface area contributed by atoms with Gasteiger partial charge in [-0.1, -0.05) is 0 Å². The van der Waals surface area contributed by atoms with Crippen LogP contribution in [-0.4, -0.2) is 36.5 Å². The summed E-state index contributed by atoms with van der Waals surface area (Å²) in [7, 11) is 0. The van der Waals surface area contributed by atoms with E-state index in [1.807, 2.05) is 0 Å². The van der Waals surface area contributed by atoms with E-state index >= 15 is 0 Å². The lowest BCUT2D eigenvalue weighted by Crippen LogP contribution is -2.46. The molecule has 2 aliphatic rings. The van der Waals surface area contributed by atoms with Crippen LogP contribution < -0.4 is 10.1 Å². The Labute approximate surface area is 158 Å². The molecular formula is C19H19F3N2O2S. The first-order chi connectivity index (χ1) is 12.9. The number of carbonyl (C=O) groups excluding carboxylic acids is 1. The largest absolute Gasteiger partial charge is 0.447 e. The second-order valence-electron chi connectivity index (χ2n) is 7.10. The number of thiophene rings is 1. The number of piperidine rings is 1. The predicted molar refractivity (Wildman–Crippen MR) is 96.3 cm³/mol. The van der Waals surface area contributed by atoms with E-state index in [9.17, 15) is 18.0 Å². The highest BCUT2D eigenvalue weighted by molar-refractivity contribution is 7.12. The van der Waals surface area contributed by atoms with Crippen molar-refractivity contribution in [1.82, 2.24) is 10.2 Å². The van der Waals surface area contributed by atoms with E-state index in [1.54, 1.807) is 24.3 Å². The second kappa shape index (κ2) is 7.16. The lowest BCUT2D eigenvalue weighted by atomic mass is 9.96. The zero-order chi connectivity index (χ0) is 19.0. The number of halogens is 3. The Morgan fingerprint density at radius 3 is 2.67 bits per heavy atom. The predicted octanol–water partition coefficient (Wildman–Crippen LogP) is 4.38. The summed E-state index contributed by atoms with van der Waals surface area (Å²) < 4.78 is 43.3. The van der Waals surface area contributed by atoms with E-state index in [1.165, 1.54) is 6.42 Å². The minimum atomic E-state index is -4.38. The van der Waals surface area contributed by atoms with Crippen molar-refractivity contribution in [2.24, 2.45) is 5.92 Å². The van der Waals surface area contributed by atoms with Crippen LogP contribution in [0.4, 0.5) is 13.2 Å². The standard InChI is InChI=1S/C19H19F3N2O2S/c20-19(21,22)14-8-17(27-11-14)26-16-3-1-13(2-4-16)18(25)23-15-7-12-5-6-24(9-12)10-15/h1-4,8,11-12,15H,5-7,9-10H2,(H,23,25)/t12-,15+/m0/s1. The Balaban J connectivity index is 1.35. The minimum absolute atomic E-state index is 0.135. The SMILES string of the molecule is O=C(N[C@@H]1C[C@@H]2CCN(C2)C1)c1ccc(Oc2cc(C(F)(F)F)cs2)cc1. The number of nitrogens with one attached hydrogen (secondary N) is 1. The number of rotatable bonds is 4. The summed E-state index contributed by atoms with van der Waals surface area (Å²) in [5.41, 5.74) is -0.215. The zero-order valence-electron chi connectivity index (χ0n) is 14.5. The molecule has 2 fully saturated rings. The average molecular weight is 396 g/mol. The lowest BCUT2D eigenvalue weighted by Gasteiger charge is -2.30. The molecule has 4 rings (SSSR count). The van der Waals surface area contributed by atoms with Crippen molar-refractivity contribution in [2.45, 2.75) is 25.1 Å². The number of hydrogen-bond acceptors (Lipinski definition) is 4. The van der Waals surface area contributed by atoms with Gasteiger partial charge in [0.15, 0.2) is 5.06 Å². The number of alkyl halides is 3. The van der Waals surface area contributed by atoms with Crippen LogP contribution in [0, 0.1) is 5.92 Å². The van der Waals surface area contributed by atoms with Gasteiger partial charge in [-0.05, 0) is 49.6 Å². The smallest absolute Gasteiger partial charge is 0.417 e. The number of benzene rings is 1. The van der Waals surface area contributed by atoms with Gasteiger partial charge < -0.3 is 15.0 Å². The van der Waals surface area contributed by atoms with Gasteiger partial charge in [-0.25, -0.2) is 0 Å². The van der Waals surface area contributed by atoms with E-state index in [0.29, 0.717) is 17.2 Å². The quantitative estimate of drug-likeness (QED) is 0.834. The number of fused-ring (bicyclic) bond motifs is 2. The molecule has 2 aromatic rings. The van der Waals surface area contributed by atoms with Gasteiger partial charge in [0, 0.05) is 36.1 Å². The Morgan fingerprint density at radius 1 is 1.22 bits per heavy atom. The van der Waals surface area contributed by atoms with Gasteiger partial charge in [0.1, 0.15) is 5.75 Å². The normalized spacial score (nSPS) is 24.6. The third-order valence-corrected chi connectivity index (χ3v) is 5.84. The van der Waals surface area contributed by atoms with Crippen molar-refractivity contribution in [2.75, 3.05) is 19.6 Å². The molecule has 2 saturated heterocycles. The van der Waals surface area contributed by atoms with Crippen molar-refractivity contribution in [1.29, 1.82) is 0 Å². The Kier molecular flexibility index (Phi) is 4.86. The van der Waals surface area contributed by atoms with Crippen molar-refractivity contribution in [3.63, 3.8) is 0 Å². The van der Waals surface area contributed by atoms with Crippen LogP contribution >= 0.6 is 11.3 Å². The maximum Gasteiger partial charge on any atom is 0.417 e. The average Bonchev–Trinajstić information content (AvgIpc) is 3.22. The maximum absolute atomic E-state index is 12.6. The lowest BCUT2D eigenvalue weighted by molar-refractivity contribution is -0.137. The summed E-state index contributed by atoms with van der Waals surface area (Å²) in [5, 5.41) is 4.26. The molecule has 1 aromatic carbocycles. The molecule has 8 heteroatoms. The van der Waals surface area contributed by atoms with Gasteiger partial charge in [0.05, 0.1) is 5.56 Å². The second-order valence-corrected chi connectivity index (χ2v) is 7.97. The van der Waals surface area contributed by atoms with Crippen molar-refractivity contribution < 1.29 is 22.7 Å². The minimum Gasteiger partial charge on any atom is -0.447 e. The summed E-state index contributed by atoms with van der Waals surface area (Å²) in [4.78, 5) is 14.8. The van der Waals surface area contributed by atoms with E-state index in [0.717, 1.165) is 48.8 Å². The first kappa shape index (κ1) is 18.3. The molecule has 27 heavy (non-hydrogen) atoms. The third kappa shape index (κ3) is 4.27. The van der Waals surface area contributed by atoms with Gasteiger partial charge >= 0.3 is 6.18 Å². The first-order valence-corrected chi connectivity index (χ1v) is 9.71. The van der Waals surface area contributed by atoms with Gasteiger partial charge in [0.2, 0.25) is 0 Å². The molecule has 144 valence electrons. The van der Waals surface area contributed by atoms with E-state index in [2.05, 4.69) is 10.2 Å². The number of ether oxygens (including phenoxy) is 1. The molecule has 0 radical (unpaired) electrons. The monoisotopic (exact) mass is 396 g/mol. The molecule has 0 saturated carbocycles. The van der Waals surface area contributed by atoms with Crippen LogP contribution in [0.25, 0.3) is 0 Å². The molecule has 1 unspecified atom stereocenters. The van der Waals surface area contributed by atoms with E-state index in [4.69, 9.17) is 4.74 Å². The van der Waals surface area contributed by atoms with Gasteiger partial charge in [0.25, 0.3) is 5.91 Å². The highest BCUT2D eigenvalue weighted by Gasteiger charge is 2.33. The summed E-state index contributed by atoms with van der Waals surface area (Å²) in [6, 6.07) is 7.58. The first-order valence-electron chi connectivity index (χ1n) is 8.84. The van der Waals surface area contributed by atoms with Crippen molar-refractivity contribution >= 4 is 17.2 Å². The third-order valence-electron chi connectivity index (χ3n) is 5.04. The number of hydrogen-bond donors (Lipinski definition) is 1. The number of carbonyl (C=O) groups is 1. The van der Waals surface area contributed by atoms with Gasteiger partial charge in [-0.3, -0.25) is 4.79 Å². The molecule has 1 amide bonds. The molecule has 1 N–H and O–H groups in total. The van der Waals surface area contributed by atoms with Crippen LogP contribution in [0.2, 0.25) is 0 Å². The fourth-order valence-corrected chi connectivity index (χ4v) is 4.53. The van der Waals surface area contributed by atoms with Crippen LogP contribution in [-0.2, 0) is 6.18 Å². The highest BCUT2D eigenvalue weighted by atomic mass is 32.1. The number of nitrogens with zero attached hydrogens (tertiary/aromatic N) is 1. The van der Waals surface area contributed by atoms with E-state index < -0.39 is 11.7 Å².